The van der Waals surface area contributed by atoms with E-state index in [1.165, 1.54) is 4.40 Å². The van der Waals surface area contributed by atoms with Crippen molar-refractivity contribution in [2.75, 3.05) is 5.32 Å². The average Bonchev–Trinajstić information content (AvgIpc) is 3.33. The number of hydrogen-bond acceptors (Lipinski definition) is 4. The van der Waals surface area contributed by atoms with Crippen LogP contribution in [0.2, 0.25) is 0 Å². The van der Waals surface area contributed by atoms with Gasteiger partial charge in [0.15, 0.2) is 0 Å². The van der Waals surface area contributed by atoms with Crippen molar-refractivity contribution < 1.29 is 4.92 Å². The molecule has 0 aliphatic heterocycles. The van der Waals surface area contributed by atoms with E-state index in [1.807, 2.05) is 24.3 Å². The summed E-state index contributed by atoms with van der Waals surface area (Å²) in [4.78, 5) is 15.5. The van der Waals surface area contributed by atoms with E-state index in [2.05, 4.69) is 22.4 Å². The quantitative estimate of drug-likeness (QED) is 0.574. The van der Waals surface area contributed by atoms with Crippen molar-refractivity contribution in [3.63, 3.8) is 0 Å². The molecule has 0 unspecified atom stereocenters. The summed E-state index contributed by atoms with van der Waals surface area (Å²) in [6.45, 7) is 0. The second kappa shape index (κ2) is 5.39. The van der Waals surface area contributed by atoms with Crippen molar-refractivity contribution in [3.05, 3.63) is 70.4 Å². The van der Waals surface area contributed by atoms with E-state index < -0.39 is 0 Å². The molecule has 0 amide bonds. The molecular weight excluding hydrogens is 292 g/mol. The molecule has 1 fully saturated rings. The van der Waals surface area contributed by atoms with Crippen molar-refractivity contribution >= 4 is 17.3 Å². The Bertz CT molecular complexity index is 855. The lowest BCUT2D eigenvalue weighted by atomic mass is 10.0. The maximum Gasteiger partial charge on any atom is 0.372 e. The number of nitro groups is 1. The maximum absolute atomic E-state index is 11.5. The molecule has 0 spiro atoms. The highest BCUT2D eigenvalue weighted by atomic mass is 16.6. The van der Waals surface area contributed by atoms with Crippen molar-refractivity contribution in [1.29, 1.82) is 0 Å². The number of fused-ring (bicyclic) bond motifs is 1. The lowest BCUT2D eigenvalue weighted by molar-refractivity contribution is -0.389. The molecule has 6 heteroatoms. The molecule has 6 nitrogen and oxygen atoms in total. The number of aromatic nitrogens is 2. The number of benzene rings is 1. The minimum atomic E-state index is -0.378. The Morgan fingerprint density at radius 2 is 1.91 bits per heavy atom. The Morgan fingerprint density at radius 1 is 1.17 bits per heavy atom. The van der Waals surface area contributed by atoms with Gasteiger partial charge in [0.1, 0.15) is 0 Å². The van der Waals surface area contributed by atoms with E-state index in [9.17, 15) is 10.1 Å². The summed E-state index contributed by atoms with van der Waals surface area (Å²) in [5.41, 5.74) is 1.71. The van der Waals surface area contributed by atoms with E-state index in [1.54, 1.807) is 18.3 Å². The van der Waals surface area contributed by atoms with Crippen molar-refractivity contribution in [3.8, 4) is 0 Å². The molecule has 1 N–H and O–H groups in total. The smallest absolute Gasteiger partial charge is 0.358 e. The van der Waals surface area contributed by atoms with Crippen LogP contribution in [0.3, 0.4) is 0 Å². The second-order valence-electron chi connectivity index (χ2n) is 5.84. The minimum absolute atomic E-state index is 0.0119. The molecule has 0 saturated heterocycles. The minimum Gasteiger partial charge on any atom is -0.358 e. The maximum atomic E-state index is 11.5. The molecule has 4 rings (SSSR count). The zero-order valence-electron chi connectivity index (χ0n) is 12.4. The summed E-state index contributed by atoms with van der Waals surface area (Å²) in [5, 5.41) is 14.8. The van der Waals surface area contributed by atoms with Gasteiger partial charge in [0.25, 0.3) is 0 Å². The van der Waals surface area contributed by atoms with Gasteiger partial charge >= 0.3 is 5.82 Å². The van der Waals surface area contributed by atoms with Crippen LogP contribution in [0.5, 0.6) is 0 Å². The van der Waals surface area contributed by atoms with E-state index in [0.717, 1.165) is 18.4 Å². The molecule has 2 aromatic heterocycles. The van der Waals surface area contributed by atoms with Gasteiger partial charge in [-0.2, -0.15) is 9.38 Å². The van der Waals surface area contributed by atoms with Gasteiger partial charge in [0, 0.05) is 6.07 Å². The average molecular weight is 308 g/mol. The summed E-state index contributed by atoms with van der Waals surface area (Å²) in [6, 6.07) is 15.5. The topological polar surface area (TPSA) is 72.5 Å². The van der Waals surface area contributed by atoms with Crippen LogP contribution in [0.1, 0.15) is 24.4 Å². The first-order chi connectivity index (χ1) is 11.2. The highest BCUT2D eigenvalue weighted by Gasteiger charge is 2.35. The van der Waals surface area contributed by atoms with E-state index >= 15 is 0 Å². The first-order valence-corrected chi connectivity index (χ1v) is 7.67. The van der Waals surface area contributed by atoms with Gasteiger partial charge in [-0.1, -0.05) is 36.4 Å². The van der Waals surface area contributed by atoms with E-state index in [0.29, 0.717) is 17.4 Å². The number of hydrogen-bond donors (Lipinski definition) is 1. The third-order valence-electron chi connectivity index (χ3n) is 4.22. The Morgan fingerprint density at radius 3 is 2.61 bits per heavy atom. The van der Waals surface area contributed by atoms with Crippen LogP contribution in [0.25, 0.3) is 5.65 Å². The number of pyridine rings is 1. The third kappa shape index (κ3) is 2.52. The summed E-state index contributed by atoms with van der Waals surface area (Å²) in [6.07, 6.45) is 3.93. The summed E-state index contributed by atoms with van der Waals surface area (Å²) >= 11 is 0. The lowest BCUT2D eigenvalue weighted by Gasteiger charge is -2.18. The molecule has 1 aromatic carbocycles. The van der Waals surface area contributed by atoms with Gasteiger partial charge in [-0.25, -0.2) is 0 Å². The van der Waals surface area contributed by atoms with E-state index in [-0.39, 0.29) is 16.8 Å². The van der Waals surface area contributed by atoms with Gasteiger partial charge in [0.2, 0.25) is 11.5 Å². The SMILES string of the molecule is O=[N+]([O-])c1c(N[C@@H](c2ccccc2)C2CC2)nc2ccccn12. The zero-order chi connectivity index (χ0) is 15.8. The predicted octanol–water partition coefficient (Wildman–Crippen LogP) is 3.81. The Labute approximate surface area is 132 Å². The first-order valence-electron chi connectivity index (χ1n) is 7.67. The second-order valence-corrected chi connectivity index (χ2v) is 5.84. The van der Waals surface area contributed by atoms with Crippen LogP contribution in [0.15, 0.2) is 54.7 Å². The molecule has 2 heterocycles. The Balaban J connectivity index is 1.76. The predicted molar refractivity (Wildman–Crippen MR) is 87.4 cm³/mol. The number of anilines is 1. The Hall–Kier alpha value is -2.89. The lowest BCUT2D eigenvalue weighted by Crippen LogP contribution is -2.14. The van der Waals surface area contributed by atoms with Gasteiger partial charge in [-0.15, -0.1) is 0 Å². The van der Waals surface area contributed by atoms with Crippen LogP contribution in [0.4, 0.5) is 11.6 Å². The standard InChI is InChI=1S/C17H16N4O2/c22-21(23)17-16(18-14-8-4-5-11-20(14)17)19-15(13-9-10-13)12-6-2-1-3-7-12/h1-8,11,13,15,19H,9-10H2/t15-/m0/s1. The largest absolute Gasteiger partial charge is 0.372 e. The van der Waals surface area contributed by atoms with Crippen molar-refractivity contribution in [1.82, 2.24) is 9.38 Å². The molecule has 1 atom stereocenters. The monoisotopic (exact) mass is 308 g/mol. The van der Waals surface area contributed by atoms with Crippen molar-refractivity contribution in [2.45, 2.75) is 18.9 Å². The van der Waals surface area contributed by atoms with Crippen LogP contribution >= 0.6 is 0 Å². The fraction of sp³-hybridized carbons (Fsp3) is 0.235. The molecule has 1 aliphatic rings. The Kier molecular flexibility index (Phi) is 3.22. The van der Waals surface area contributed by atoms with Gasteiger partial charge < -0.3 is 15.4 Å². The van der Waals surface area contributed by atoms with Crippen LogP contribution in [0, 0.1) is 16.0 Å². The van der Waals surface area contributed by atoms with E-state index in [4.69, 9.17) is 0 Å². The van der Waals surface area contributed by atoms with Gasteiger partial charge in [-0.3, -0.25) is 0 Å². The zero-order valence-corrected chi connectivity index (χ0v) is 12.4. The number of rotatable bonds is 5. The molecule has 1 saturated carbocycles. The van der Waals surface area contributed by atoms with Crippen LogP contribution in [-0.2, 0) is 0 Å². The third-order valence-corrected chi connectivity index (χ3v) is 4.22. The summed E-state index contributed by atoms with van der Waals surface area (Å²) in [7, 11) is 0. The molecule has 0 radical (unpaired) electrons. The molecule has 23 heavy (non-hydrogen) atoms. The fourth-order valence-corrected chi connectivity index (χ4v) is 2.96. The normalized spacial score (nSPS) is 15.5. The summed E-state index contributed by atoms with van der Waals surface area (Å²) in [5.74, 6) is 0.825. The summed E-state index contributed by atoms with van der Waals surface area (Å²) < 4.78 is 1.51. The van der Waals surface area contributed by atoms with Gasteiger partial charge in [-0.05, 0) is 35.3 Å². The number of nitrogens with zero attached hydrogens (tertiary/aromatic N) is 3. The number of imidazole rings is 1. The first kappa shape index (κ1) is 13.8. The molecule has 116 valence electrons. The molecule has 1 aliphatic carbocycles. The fourth-order valence-electron chi connectivity index (χ4n) is 2.96. The highest BCUT2D eigenvalue weighted by molar-refractivity contribution is 5.63. The van der Waals surface area contributed by atoms with Crippen LogP contribution < -0.4 is 5.32 Å². The van der Waals surface area contributed by atoms with Gasteiger partial charge in [0.05, 0.1) is 12.2 Å². The highest BCUT2D eigenvalue weighted by Crippen LogP contribution is 2.43. The number of nitrogens with one attached hydrogen (secondary N) is 1. The van der Waals surface area contributed by atoms with Crippen molar-refractivity contribution in [2.24, 2.45) is 5.92 Å². The molecule has 3 aromatic rings. The van der Waals surface area contributed by atoms with Crippen LogP contribution in [-0.4, -0.2) is 14.3 Å². The molecule has 0 bridgehead atoms. The molecular formula is C17H16N4O2.